The summed E-state index contributed by atoms with van der Waals surface area (Å²) in [6.45, 7) is 4.18. The van der Waals surface area contributed by atoms with Crippen LogP contribution in [0.25, 0.3) is 0 Å². The Kier molecular flexibility index (Phi) is 3.94. The first-order valence-electron chi connectivity index (χ1n) is 5.18. The quantitative estimate of drug-likeness (QED) is 0.824. The van der Waals surface area contributed by atoms with Crippen molar-refractivity contribution < 1.29 is 13.2 Å². The van der Waals surface area contributed by atoms with Crippen LogP contribution in [0.1, 0.15) is 26.3 Å². The highest BCUT2D eigenvalue weighted by Gasteiger charge is 2.47. The molecule has 1 rings (SSSR count). The smallest absolute Gasteiger partial charge is 0.158 e. The molecule has 1 atom stereocenters. The number of alkyl halides is 1. The van der Waals surface area contributed by atoms with Gasteiger partial charge in [-0.3, -0.25) is 0 Å². The van der Waals surface area contributed by atoms with Gasteiger partial charge in [-0.25, -0.2) is 13.2 Å². The average molecular weight is 310 g/mol. The van der Waals surface area contributed by atoms with Gasteiger partial charge in [0.1, 0.15) is 11.6 Å². The van der Waals surface area contributed by atoms with Crippen molar-refractivity contribution in [2.75, 3.05) is 6.54 Å². The summed E-state index contributed by atoms with van der Waals surface area (Å²) in [4.78, 5) is 0. The maximum Gasteiger partial charge on any atom is 0.158 e. The molecule has 1 aromatic carbocycles. The Hall–Kier alpha value is -0.550. The molecule has 0 saturated heterocycles. The molecular formula is C12H15BrF3N. The highest BCUT2D eigenvalue weighted by atomic mass is 79.9. The van der Waals surface area contributed by atoms with Gasteiger partial charge in [-0.1, -0.05) is 20.8 Å². The summed E-state index contributed by atoms with van der Waals surface area (Å²) in [7, 11) is 0. The Balaban J connectivity index is 3.56. The molecule has 0 radical (unpaired) electrons. The highest BCUT2D eigenvalue weighted by molar-refractivity contribution is 9.10. The molecule has 0 aliphatic carbocycles. The second-order valence-electron chi connectivity index (χ2n) is 4.97. The molecule has 5 heteroatoms. The van der Waals surface area contributed by atoms with E-state index in [0.29, 0.717) is 0 Å². The predicted octanol–water partition coefficient (Wildman–Crippen LogP) is 3.90. The molecule has 0 aliphatic rings. The van der Waals surface area contributed by atoms with Gasteiger partial charge >= 0.3 is 0 Å². The van der Waals surface area contributed by atoms with E-state index in [2.05, 4.69) is 15.9 Å². The molecule has 0 aliphatic heterocycles. The second kappa shape index (κ2) is 4.61. The molecule has 17 heavy (non-hydrogen) atoms. The number of nitrogens with two attached hydrogens (primary N) is 1. The monoisotopic (exact) mass is 309 g/mol. The van der Waals surface area contributed by atoms with Gasteiger partial charge in [0.2, 0.25) is 0 Å². The van der Waals surface area contributed by atoms with Crippen molar-refractivity contribution in [2.24, 2.45) is 11.1 Å². The van der Waals surface area contributed by atoms with E-state index in [9.17, 15) is 13.2 Å². The van der Waals surface area contributed by atoms with Crippen LogP contribution in [-0.4, -0.2) is 6.54 Å². The molecule has 1 unspecified atom stereocenters. The normalized spacial score (nSPS) is 15.8. The van der Waals surface area contributed by atoms with Gasteiger partial charge in [0, 0.05) is 12.0 Å². The lowest BCUT2D eigenvalue weighted by Crippen LogP contribution is -2.44. The number of benzene rings is 1. The SMILES string of the molecule is CC(C)(C)C(F)(CN)c1c(F)ccc(Br)c1F. The molecule has 96 valence electrons. The predicted molar refractivity (Wildman–Crippen MR) is 65.4 cm³/mol. The first kappa shape index (κ1) is 14.5. The van der Waals surface area contributed by atoms with E-state index in [1.165, 1.54) is 6.07 Å². The van der Waals surface area contributed by atoms with E-state index in [0.717, 1.165) is 6.07 Å². The molecule has 0 bridgehead atoms. The fourth-order valence-electron chi connectivity index (χ4n) is 1.67. The lowest BCUT2D eigenvalue weighted by atomic mass is 9.73. The molecule has 1 nitrogen and oxygen atoms in total. The fraction of sp³-hybridized carbons (Fsp3) is 0.500. The third-order valence-corrected chi connectivity index (χ3v) is 3.52. The number of hydrogen-bond acceptors (Lipinski definition) is 1. The number of rotatable bonds is 2. The summed E-state index contributed by atoms with van der Waals surface area (Å²) >= 11 is 2.92. The summed E-state index contributed by atoms with van der Waals surface area (Å²) < 4.78 is 42.4. The van der Waals surface area contributed by atoms with Crippen LogP contribution in [0.4, 0.5) is 13.2 Å². The fourth-order valence-corrected chi connectivity index (χ4v) is 2.00. The van der Waals surface area contributed by atoms with Crippen molar-refractivity contribution in [3.63, 3.8) is 0 Å². The zero-order chi connectivity index (χ0) is 13.4. The van der Waals surface area contributed by atoms with Crippen LogP contribution in [0, 0.1) is 17.0 Å². The zero-order valence-electron chi connectivity index (χ0n) is 9.95. The minimum absolute atomic E-state index is 0.0219. The Morgan fingerprint density at radius 2 is 1.76 bits per heavy atom. The maximum absolute atomic E-state index is 14.8. The van der Waals surface area contributed by atoms with E-state index in [4.69, 9.17) is 5.73 Å². The summed E-state index contributed by atoms with van der Waals surface area (Å²) in [5, 5.41) is 0. The Morgan fingerprint density at radius 1 is 1.24 bits per heavy atom. The minimum Gasteiger partial charge on any atom is -0.327 e. The third kappa shape index (κ3) is 2.36. The van der Waals surface area contributed by atoms with Crippen LogP contribution >= 0.6 is 15.9 Å². The van der Waals surface area contributed by atoms with Crippen molar-refractivity contribution in [1.82, 2.24) is 0 Å². The summed E-state index contributed by atoms with van der Waals surface area (Å²) in [5.41, 5.74) is 1.51. The first-order valence-corrected chi connectivity index (χ1v) is 5.97. The molecule has 0 saturated carbocycles. The van der Waals surface area contributed by atoms with Crippen molar-refractivity contribution in [1.29, 1.82) is 0 Å². The van der Waals surface area contributed by atoms with Crippen molar-refractivity contribution in [2.45, 2.75) is 26.4 Å². The van der Waals surface area contributed by atoms with Crippen LogP contribution in [-0.2, 0) is 5.67 Å². The maximum atomic E-state index is 14.8. The highest BCUT2D eigenvalue weighted by Crippen LogP contribution is 2.45. The average Bonchev–Trinajstić information content (AvgIpc) is 2.22. The molecule has 2 N–H and O–H groups in total. The van der Waals surface area contributed by atoms with Crippen LogP contribution < -0.4 is 5.73 Å². The summed E-state index contributed by atoms with van der Waals surface area (Å²) in [6, 6.07) is 2.23. The van der Waals surface area contributed by atoms with E-state index in [1.807, 2.05) is 0 Å². The first-order chi connectivity index (χ1) is 7.65. The van der Waals surface area contributed by atoms with Gasteiger partial charge in [-0.2, -0.15) is 0 Å². The zero-order valence-corrected chi connectivity index (χ0v) is 11.5. The Bertz CT molecular complexity index is 428. The van der Waals surface area contributed by atoms with Gasteiger partial charge in [0.15, 0.2) is 5.67 Å². The lowest BCUT2D eigenvalue weighted by molar-refractivity contribution is 0.0268. The van der Waals surface area contributed by atoms with Crippen LogP contribution in [0.15, 0.2) is 16.6 Å². The molecule has 0 aromatic heterocycles. The molecule has 0 heterocycles. The Morgan fingerprint density at radius 3 is 2.18 bits per heavy atom. The van der Waals surface area contributed by atoms with Gasteiger partial charge < -0.3 is 5.73 Å². The molecular weight excluding hydrogens is 295 g/mol. The number of hydrogen-bond donors (Lipinski definition) is 1. The van der Waals surface area contributed by atoms with E-state index < -0.39 is 34.8 Å². The van der Waals surface area contributed by atoms with Gasteiger partial charge in [0.05, 0.1) is 10.0 Å². The molecule has 0 amide bonds. The van der Waals surface area contributed by atoms with Crippen molar-refractivity contribution >= 4 is 15.9 Å². The lowest BCUT2D eigenvalue weighted by Gasteiger charge is -2.37. The van der Waals surface area contributed by atoms with Gasteiger partial charge in [-0.15, -0.1) is 0 Å². The number of halogens is 4. The molecule has 0 spiro atoms. The van der Waals surface area contributed by atoms with Gasteiger partial charge in [0.25, 0.3) is 0 Å². The topological polar surface area (TPSA) is 26.0 Å². The van der Waals surface area contributed by atoms with Crippen LogP contribution in [0.5, 0.6) is 0 Å². The largest absolute Gasteiger partial charge is 0.327 e. The van der Waals surface area contributed by atoms with Crippen molar-refractivity contribution in [3.8, 4) is 0 Å². The van der Waals surface area contributed by atoms with E-state index in [1.54, 1.807) is 20.8 Å². The summed E-state index contributed by atoms with van der Waals surface area (Å²) in [6.07, 6.45) is 0. The van der Waals surface area contributed by atoms with Crippen LogP contribution in [0.3, 0.4) is 0 Å². The standard InChI is InChI=1S/C12H15BrF3N/c1-11(2,3)12(16,6-17)9-8(14)5-4-7(13)10(9)15/h4-5H,6,17H2,1-3H3. The molecule has 1 aromatic rings. The van der Waals surface area contributed by atoms with Crippen molar-refractivity contribution in [3.05, 3.63) is 33.8 Å². The second-order valence-corrected chi connectivity index (χ2v) is 5.83. The Labute approximate surface area is 107 Å². The minimum atomic E-state index is -2.26. The van der Waals surface area contributed by atoms with Gasteiger partial charge in [-0.05, 0) is 28.1 Å². The van der Waals surface area contributed by atoms with Crippen LogP contribution in [0.2, 0.25) is 0 Å². The van der Waals surface area contributed by atoms with E-state index >= 15 is 0 Å². The molecule has 0 fully saturated rings. The van der Waals surface area contributed by atoms with E-state index in [-0.39, 0.29) is 4.47 Å². The third-order valence-electron chi connectivity index (χ3n) is 2.91. The summed E-state index contributed by atoms with van der Waals surface area (Å²) in [5.74, 6) is -1.86.